The van der Waals surface area contributed by atoms with Crippen molar-refractivity contribution in [1.29, 1.82) is 0 Å². The van der Waals surface area contributed by atoms with Crippen molar-refractivity contribution in [1.82, 2.24) is 0 Å². The molecule has 0 aliphatic rings. The molecule has 0 aromatic heterocycles. The lowest BCUT2D eigenvalue weighted by Gasteiger charge is -2.08. The van der Waals surface area contributed by atoms with Gasteiger partial charge in [0.25, 0.3) is 0 Å². The normalized spacial score (nSPS) is 10.6. The number of rotatable bonds is 2. The van der Waals surface area contributed by atoms with Gasteiger partial charge in [-0.1, -0.05) is 77.4 Å². The van der Waals surface area contributed by atoms with Gasteiger partial charge in [0.15, 0.2) is 0 Å². The van der Waals surface area contributed by atoms with E-state index in [2.05, 4.69) is 87.5 Å². The van der Waals surface area contributed by atoms with Crippen LogP contribution in [0, 0.1) is 20.8 Å². The molecule has 3 aromatic rings. The average molecular weight is 272 g/mol. The molecule has 0 saturated carbocycles. The zero-order chi connectivity index (χ0) is 14.8. The molecule has 0 spiro atoms. The van der Waals surface area contributed by atoms with Crippen molar-refractivity contribution >= 4 is 0 Å². The maximum Gasteiger partial charge on any atom is -0.0178 e. The number of aryl methyl sites for hydroxylation is 3. The summed E-state index contributed by atoms with van der Waals surface area (Å²) >= 11 is 0. The fourth-order valence-electron chi connectivity index (χ4n) is 2.84. The van der Waals surface area contributed by atoms with Crippen molar-refractivity contribution < 1.29 is 0 Å². The average Bonchev–Trinajstić information content (AvgIpc) is 2.46. The van der Waals surface area contributed by atoms with Gasteiger partial charge in [-0.3, -0.25) is 0 Å². The van der Waals surface area contributed by atoms with Gasteiger partial charge in [0.05, 0.1) is 0 Å². The molecule has 0 fully saturated rings. The van der Waals surface area contributed by atoms with Gasteiger partial charge in [0, 0.05) is 0 Å². The molecule has 0 amide bonds. The van der Waals surface area contributed by atoms with Crippen molar-refractivity contribution in [3.8, 4) is 22.3 Å². The lowest BCUT2D eigenvalue weighted by atomic mass is 9.96. The number of hydrogen-bond acceptors (Lipinski definition) is 0. The third-order valence-corrected chi connectivity index (χ3v) is 3.77. The Bertz CT molecular complexity index is 761. The number of benzene rings is 3. The van der Waals surface area contributed by atoms with Gasteiger partial charge in [0.1, 0.15) is 0 Å². The number of hydrogen-bond donors (Lipinski definition) is 0. The van der Waals surface area contributed by atoms with Gasteiger partial charge >= 0.3 is 0 Å². The molecule has 0 radical (unpaired) electrons. The minimum absolute atomic E-state index is 1.27. The maximum atomic E-state index is 2.28. The fraction of sp³-hybridized carbons (Fsp3) is 0.143. The summed E-state index contributed by atoms with van der Waals surface area (Å²) in [5, 5.41) is 0. The quantitative estimate of drug-likeness (QED) is 0.541. The summed E-state index contributed by atoms with van der Waals surface area (Å²) in [4.78, 5) is 0. The molecule has 21 heavy (non-hydrogen) atoms. The van der Waals surface area contributed by atoms with Crippen LogP contribution in [0.25, 0.3) is 22.3 Å². The highest BCUT2D eigenvalue weighted by Gasteiger charge is 2.03. The van der Waals surface area contributed by atoms with Crippen LogP contribution in [0.2, 0.25) is 0 Å². The van der Waals surface area contributed by atoms with E-state index in [1.165, 1.54) is 38.9 Å². The summed E-state index contributed by atoms with van der Waals surface area (Å²) in [5.74, 6) is 0. The zero-order valence-corrected chi connectivity index (χ0v) is 12.9. The summed E-state index contributed by atoms with van der Waals surface area (Å²) in [5.41, 5.74) is 9.04. The maximum absolute atomic E-state index is 2.28. The first-order valence-electron chi connectivity index (χ1n) is 7.37. The van der Waals surface area contributed by atoms with Crippen molar-refractivity contribution in [3.05, 3.63) is 83.4 Å². The van der Waals surface area contributed by atoms with Crippen LogP contribution in [0.4, 0.5) is 0 Å². The lowest BCUT2D eigenvalue weighted by Crippen LogP contribution is -1.85. The van der Waals surface area contributed by atoms with Crippen LogP contribution < -0.4 is 0 Å². The van der Waals surface area contributed by atoms with Crippen LogP contribution in [0.5, 0.6) is 0 Å². The van der Waals surface area contributed by atoms with Crippen molar-refractivity contribution in [2.24, 2.45) is 0 Å². The van der Waals surface area contributed by atoms with E-state index in [1.54, 1.807) is 0 Å². The van der Waals surface area contributed by atoms with Crippen molar-refractivity contribution in [2.45, 2.75) is 20.8 Å². The van der Waals surface area contributed by atoms with E-state index in [9.17, 15) is 0 Å². The third kappa shape index (κ3) is 3.05. The minimum Gasteiger partial charge on any atom is -0.0614 e. The molecular weight excluding hydrogens is 252 g/mol. The standard InChI is InChI=1S/C21H20/c1-15-6-4-7-18(11-15)19-8-5-9-20(14-19)21-12-16(2)10-17(3)13-21/h4-14H,1-3H3. The van der Waals surface area contributed by atoms with Gasteiger partial charge in [-0.05, 0) is 49.1 Å². The molecule has 0 aliphatic carbocycles. The second kappa shape index (κ2) is 5.57. The largest absolute Gasteiger partial charge is 0.0614 e. The second-order valence-corrected chi connectivity index (χ2v) is 5.83. The highest BCUT2D eigenvalue weighted by Crippen LogP contribution is 2.28. The van der Waals surface area contributed by atoms with E-state index in [0.29, 0.717) is 0 Å². The second-order valence-electron chi connectivity index (χ2n) is 5.83. The molecule has 104 valence electrons. The van der Waals surface area contributed by atoms with E-state index >= 15 is 0 Å². The summed E-state index contributed by atoms with van der Waals surface area (Å²) < 4.78 is 0. The van der Waals surface area contributed by atoms with E-state index in [4.69, 9.17) is 0 Å². The van der Waals surface area contributed by atoms with Crippen LogP contribution in [0.3, 0.4) is 0 Å². The Hall–Kier alpha value is -2.34. The van der Waals surface area contributed by atoms with E-state index < -0.39 is 0 Å². The molecule has 0 heteroatoms. The molecule has 0 aliphatic heterocycles. The highest BCUT2D eigenvalue weighted by molar-refractivity contribution is 5.73. The molecule has 0 nitrogen and oxygen atoms in total. The molecule has 0 N–H and O–H groups in total. The molecule has 0 saturated heterocycles. The van der Waals surface area contributed by atoms with Gasteiger partial charge in [-0.15, -0.1) is 0 Å². The van der Waals surface area contributed by atoms with Crippen molar-refractivity contribution in [2.75, 3.05) is 0 Å². The molecule has 0 unspecified atom stereocenters. The molecule has 3 rings (SSSR count). The van der Waals surface area contributed by atoms with E-state index in [0.717, 1.165) is 0 Å². The smallest absolute Gasteiger partial charge is 0.0178 e. The summed E-state index contributed by atoms with van der Waals surface area (Å²) in [6.07, 6.45) is 0. The van der Waals surface area contributed by atoms with Crippen LogP contribution in [-0.2, 0) is 0 Å². The van der Waals surface area contributed by atoms with Gasteiger partial charge in [-0.2, -0.15) is 0 Å². The molecule has 0 heterocycles. The van der Waals surface area contributed by atoms with Crippen LogP contribution in [-0.4, -0.2) is 0 Å². The molecular formula is C21H20. The van der Waals surface area contributed by atoms with Crippen LogP contribution in [0.15, 0.2) is 66.7 Å². The Kier molecular flexibility index (Phi) is 3.62. The van der Waals surface area contributed by atoms with Gasteiger partial charge < -0.3 is 0 Å². The molecule has 3 aromatic carbocycles. The minimum atomic E-state index is 1.27. The Balaban J connectivity index is 2.08. The first kappa shape index (κ1) is 13.6. The van der Waals surface area contributed by atoms with Crippen LogP contribution in [0.1, 0.15) is 16.7 Å². The predicted molar refractivity (Wildman–Crippen MR) is 91.5 cm³/mol. The third-order valence-electron chi connectivity index (χ3n) is 3.77. The molecule has 0 bridgehead atoms. The first-order valence-corrected chi connectivity index (χ1v) is 7.37. The Labute approximate surface area is 127 Å². The SMILES string of the molecule is Cc1cccc(-c2cccc(-c3cc(C)cc(C)c3)c2)c1. The summed E-state index contributed by atoms with van der Waals surface area (Å²) in [7, 11) is 0. The lowest BCUT2D eigenvalue weighted by molar-refractivity contribution is 1.38. The molecule has 0 atom stereocenters. The van der Waals surface area contributed by atoms with Gasteiger partial charge in [-0.25, -0.2) is 0 Å². The van der Waals surface area contributed by atoms with Crippen molar-refractivity contribution in [3.63, 3.8) is 0 Å². The Morgan fingerprint density at radius 2 is 0.905 bits per heavy atom. The fourth-order valence-corrected chi connectivity index (χ4v) is 2.84. The Morgan fingerprint density at radius 1 is 0.429 bits per heavy atom. The zero-order valence-electron chi connectivity index (χ0n) is 12.9. The monoisotopic (exact) mass is 272 g/mol. The first-order chi connectivity index (χ1) is 10.1. The highest BCUT2D eigenvalue weighted by atomic mass is 14.1. The summed E-state index contributed by atoms with van der Waals surface area (Å²) in [6.45, 7) is 6.44. The van der Waals surface area contributed by atoms with Crippen LogP contribution >= 0.6 is 0 Å². The van der Waals surface area contributed by atoms with E-state index in [-0.39, 0.29) is 0 Å². The van der Waals surface area contributed by atoms with Gasteiger partial charge in [0.2, 0.25) is 0 Å². The predicted octanol–water partition coefficient (Wildman–Crippen LogP) is 5.95. The Morgan fingerprint density at radius 3 is 1.52 bits per heavy atom. The summed E-state index contributed by atoms with van der Waals surface area (Å²) in [6, 6.07) is 24.2. The van der Waals surface area contributed by atoms with E-state index in [1.807, 2.05) is 0 Å². The topological polar surface area (TPSA) is 0 Å².